The van der Waals surface area contributed by atoms with Gasteiger partial charge in [0.25, 0.3) is 5.56 Å². The predicted molar refractivity (Wildman–Crippen MR) is 126 cm³/mol. The lowest BCUT2D eigenvalue weighted by atomic mass is 10.2. The van der Waals surface area contributed by atoms with E-state index in [9.17, 15) is 14.0 Å². The normalized spacial score (nSPS) is 15.1. The van der Waals surface area contributed by atoms with Crippen LogP contribution in [-0.2, 0) is 22.6 Å². The Morgan fingerprint density at radius 1 is 1.23 bits per heavy atom. The Bertz CT molecular complexity index is 1230. The van der Waals surface area contributed by atoms with Crippen LogP contribution in [0.4, 0.5) is 4.39 Å². The zero-order valence-electron chi connectivity index (χ0n) is 19.4. The molecular weight excluding hydrogens is 455 g/mol. The van der Waals surface area contributed by atoms with E-state index in [1.807, 2.05) is 0 Å². The average Bonchev–Trinajstić information content (AvgIpc) is 3.39. The number of nitrogens with zero attached hydrogens (tertiary/aromatic N) is 2. The summed E-state index contributed by atoms with van der Waals surface area (Å²) < 4.78 is 30.0. The molecule has 1 unspecified atom stereocenters. The van der Waals surface area contributed by atoms with Gasteiger partial charge in [0.15, 0.2) is 17.3 Å². The number of hydrogen-bond donors (Lipinski definition) is 2. The van der Waals surface area contributed by atoms with E-state index in [0.29, 0.717) is 29.2 Å². The Kier molecular flexibility index (Phi) is 8.04. The number of carbonyl (C=O) groups excluding carboxylic acids is 1. The summed E-state index contributed by atoms with van der Waals surface area (Å²) in [6.07, 6.45) is 2.33. The molecule has 4 rings (SSSR count). The summed E-state index contributed by atoms with van der Waals surface area (Å²) in [6, 6.07) is 11.2. The fourth-order valence-electron chi connectivity index (χ4n) is 3.73. The third-order valence-electron chi connectivity index (χ3n) is 5.62. The number of aromatic nitrogens is 3. The average molecular weight is 483 g/mol. The van der Waals surface area contributed by atoms with Gasteiger partial charge < -0.3 is 24.5 Å². The maximum Gasteiger partial charge on any atom is 0.273 e. The molecule has 2 heterocycles. The maximum atomic E-state index is 13.4. The monoisotopic (exact) mass is 482 g/mol. The van der Waals surface area contributed by atoms with Gasteiger partial charge in [-0.3, -0.25) is 9.59 Å². The second kappa shape index (κ2) is 11.6. The first-order chi connectivity index (χ1) is 17.0. The van der Waals surface area contributed by atoms with Gasteiger partial charge in [-0.15, -0.1) is 10.2 Å². The highest BCUT2D eigenvalue weighted by molar-refractivity contribution is 5.76. The van der Waals surface area contributed by atoms with Crippen LogP contribution in [0, 0.1) is 5.82 Å². The van der Waals surface area contributed by atoms with Crippen LogP contribution in [-0.4, -0.2) is 47.5 Å². The number of ether oxygens (including phenoxy) is 3. The number of aryl methyl sites for hydroxylation is 1. The first-order valence-electron chi connectivity index (χ1n) is 11.4. The Balaban J connectivity index is 1.37. The molecule has 10 heteroatoms. The molecule has 2 N–H and O–H groups in total. The van der Waals surface area contributed by atoms with E-state index in [2.05, 4.69) is 20.5 Å². The van der Waals surface area contributed by atoms with Gasteiger partial charge in [0, 0.05) is 31.6 Å². The van der Waals surface area contributed by atoms with Crippen molar-refractivity contribution in [1.82, 2.24) is 20.5 Å². The number of hydrogen-bond acceptors (Lipinski definition) is 7. The van der Waals surface area contributed by atoms with Gasteiger partial charge in [-0.1, -0.05) is 12.1 Å². The number of halogens is 1. The minimum absolute atomic E-state index is 0.0662. The van der Waals surface area contributed by atoms with Crippen LogP contribution >= 0.6 is 0 Å². The second-order valence-corrected chi connectivity index (χ2v) is 8.17. The summed E-state index contributed by atoms with van der Waals surface area (Å²) >= 11 is 0. The van der Waals surface area contributed by atoms with Gasteiger partial charge in [-0.25, -0.2) is 4.39 Å². The van der Waals surface area contributed by atoms with E-state index in [-0.39, 0.29) is 48.8 Å². The molecule has 3 aromatic rings. The molecule has 0 spiro atoms. The van der Waals surface area contributed by atoms with Crippen molar-refractivity contribution in [2.75, 3.05) is 20.3 Å². The highest BCUT2D eigenvalue weighted by atomic mass is 19.1. The van der Waals surface area contributed by atoms with Crippen LogP contribution in [0.5, 0.6) is 11.5 Å². The largest absolute Gasteiger partial charge is 0.493 e. The zero-order chi connectivity index (χ0) is 24.6. The lowest BCUT2D eigenvalue weighted by Crippen LogP contribution is -2.32. The van der Waals surface area contributed by atoms with Crippen molar-refractivity contribution in [3.8, 4) is 22.9 Å². The third kappa shape index (κ3) is 6.63. The molecule has 184 valence electrons. The number of methoxy groups -OCH3 is 1. The lowest BCUT2D eigenvalue weighted by molar-refractivity contribution is -0.121. The molecule has 1 aliphatic heterocycles. The van der Waals surface area contributed by atoms with Crippen molar-refractivity contribution in [3.63, 3.8) is 0 Å². The number of rotatable bonds is 10. The molecule has 1 aromatic heterocycles. The summed E-state index contributed by atoms with van der Waals surface area (Å²) in [7, 11) is 1.50. The molecule has 1 saturated heterocycles. The molecule has 0 saturated carbocycles. The number of amides is 1. The Morgan fingerprint density at radius 2 is 2.11 bits per heavy atom. The predicted octanol–water partition coefficient (Wildman–Crippen LogP) is 2.79. The van der Waals surface area contributed by atoms with Crippen LogP contribution in [0.15, 0.2) is 47.3 Å². The third-order valence-corrected chi connectivity index (χ3v) is 5.62. The van der Waals surface area contributed by atoms with Gasteiger partial charge in [-0.05, 0) is 48.7 Å². The lowest BCUT2D eigenvalue weighted by Gasteiger charge is -2.12. The van der Waals surface area contributed by atoms with Gasteiger partial charge >= 0.3 is 0 Å². The molecule has 1 atom stereocenters. The molecular formula is C25H27FN4O5. The van der Waals surface area contributed by atoms with Gasteiger partial charge in [0.05, 0.1) is 13.2 Å². The SMILES string of the molecule is COc1cc(-c2nnc(CCC(=O)NCC3CCCO3)c(=O)[nH]2)ccc1OCc1cccc(F)c1. The Morgan fingerprint density at radius 3 is 2.86 bits per heavy atom. The van der Waals surface area contributed by atoms with Crippen LogP contribution in [0.3, 0.4) is 0 Å². The van der Waals surface area contributed by atoms with E-state index >= 15 is 0 Å². The Hall–Kier alpha value is -3.79. The van der Waals surface area contributed by atoms with Crippen molar-refractivity contribution in [1.29, 1.82) is 0 Å². The van der Waals surface area contributed by atoms with Crippen molar-refractivity contribution >= 4 is 5.91 Å². The smallest absolute Gasteiger partial charge is 0.273 e. The minimum Gasteiger partial charge on any atom is -0.493 e. The highest BCUT2D eigenvalue weighted by Crippen LogP contribution is 2.31. The summed E-state index contributed by atoms with van der Waals surface area (Å²) in [4.78, 5) is 27.3. The van der Waals surface area contributed by atoms with Gasteiger partial charge in [0.2, 0.25) is 5.91 Å². The minimum atomic E-state index is -0.410. The second-order valence-electron chi connectivity index (χ2n) is 8.17. The molecule has 1 aliphatic rings. The van der Waals surface area contributed by atoms with Crippen molar-refractivity contribution < 1.29 is 23.4 Å². The molecule has 35 heavy (non-hydrogen) atoms. The summed E-state index contributed by atoms with van der Waals surface area (Å²) in [6.45, 7) is 1.37. The number of carbonyl (C=O) groups is 1. The van der Waals surface area contributed by atoms with E-state index in [4.69, 9.17) is 14.2 Å². The number of benzene rings is 2. The number of nitrogens with one attached hydrogen (secondary N) is 2. The van der Waals surface area contributed by atoms with Crippen LogP contribution < -0.4 is 20.3 Å². The first kappa shape index (κ1) is 24.3. The topological polar surface area (TPSA) is 115 Å². The fraction of sp³-hybridized carbons (Fsp3) is 0.360. The van der Waals surface area contributed by atoms with Gasteiger partial charge in [-0.2, -0.15) is 0 Å². The number of H-pyrrole nitrogens is 1. The molecule has 0 bridgehead atoms. The molecule has 0 aliphatic carbocycles. The van der Waals surface area contributed by atoms with E-state index in [1.165, 1.54) is 19.2 Å². The van der Waals surface area contributed by atoms with Crippen LogP contribution in [0.2, 0.25) is 0 Å². The van der Waals surface area contributed by atoms with Crippen molar-refractivity contribution in [2.24, 2.45) is 0 Å². The molecule has 2 aromatic carbocycles. The molecule has 1 fully saturated rings. The molecule has 1 amide bonds. The first-order valence-corrected chi connectivity index (χ1v) is 11.4. The standard InChI is InChI=1S/C25H27FN4O5/c1-33-22-13-17(7-9-21(22)35-15-16-4-2-5-18(26)12-16)24-28-25(32)20(29-30-24)8-10-23(31)27-14-19-6-3-11-34-19/h2,4-5,7,9,12-13,19H,3,6,8,10-11,14-15H2,1H3,(H,27,31)(H,28,30,32). The van der Waals surface area contributed by atoms with Crippen LogP contribution in [0.25, 0.3) is 11.4 Å². The van der Waals surface area contributed by atoms with Gasteiger partial charge in [0.1, 0.15) is 18.1 Å². The molecule has 9 nitrogen and oxygen atoms in total. The summed E-state index contributed by atoms with van der Waals surface area (Å²) in [5.74, 6) is 0.648. The number of aromatic amines is 1. The summed E-state index contributed by atoms with van der Waals surface area (Å²) in [5.41, 5.74) is 1.03. The summed E-state index contributed by atoms with van der Waals surface area (Å²) in [5, 5.41) is 11.0. The van der Waals surface area contributed by atoms with E-state index < -0.39 is 5.56 Å². The Labute approximate surface area is 201 Å². The van der Waals surface area contributed by atoms with Crippen LogP contribution in [0.1, 0.15) is 30.5 Å². The quantitative estimate of drug-likeness (QED) is 0.457. The van der Waals surface area contributed by atoms with Crippen molar-refractivity contribution in [3.05, 3.63) is 69.9 Å². The fourth-order valence-corrected chi connectivity index (χ4v) is 3.73. The zero-order valence-corrected chi connectivity index (χ0v) is 19.4. The highest BCUT2D eigenvalue weighted by Gasteiger charge is 2.17. The maximum absolute atomic E-state index is 13.4. The van der Waals surface area contributed by atoms with E-state index in [1.54, 1.807) is 30.3 Å². The van der Waals surface area contributed by atoms with E-state index in [0.717, 1.165) is 19.4 Å². The molecule has 0 radical (unpaired) electrons. The van der Waals surface area contributed by atoms with Crippen molar-refractivity contribution in [2.45, 2.75) is 38.4 Å².